The Labute approximate surface area is 152 Å². The second-order valence-corrected chi connectivity index (χ2v) is 7.77. The molecule has 1 amide bonds. The number of thiophene rings is 1. The van der Waals surface area contributed by atoms with Crippen molar-refractivity contribution in [1.29, 1.82) is 0 Å². The van der Waals surface area contributed by atoms with Gasteiger partial charge in [-0.15, -0.1) is 11.3 Å². The van der Waals surface area contributed by atoms with Gasteiger partial charge in [-0.2, -0.15) is 0 Å². The summed E-state index contributed by atoms with van der Waals surface area (Å²) in [5.74, 6) is 3.03. The van der Waals surface area contributed by atoms with Gasteiger partial charge in [0.05, 0.1) is 6.42 Å². The van der Waals surface area contributed by atoms with Crippen LogP contribution in [-0.2, 0) is 11.2 Å². The van der Waals surface area contributed by atoms with Crippen LogP contribution in [0.25, 0.3) is 0 Å². The maximum atomic E-state index is 12.1. The Morgan fingerprint density at radius 1 is 1.20 bits per heavy atom. The molecule has 0 saturated heterocycles. The normalized spacial score (nSPS) is 17.1. The number of nitrogens with one attached hydrogen (secondary N) is 1. The molecule has 1 aromatic carbocycles. The first-order chi connectivity index (χ1) is 12.3. The predicted octanol–water partition coefficient (Wildman–Crippen LogP) is 3.76. The van der Waals surface area contributed by atoms with Crippen molar-refractivity contribution >= 4 is 17.2 Å². The van der Waals surface area contributed by atoms with Gasteiger partial charge in [-0.1, -0.05) is 12.1 Å². The van der Waals surface area contributed by atoms with Crippen LogP contribution in [0.2, 0.25) is 0 Å². The first kappa shape index (κ1) is 16.5. The molecule has 2 aromatic rings. The molecular weight excluding hydrogens is 334 g/mol. The van der Waals surface area contributed by atoms with Gasteiger partial charge in [0.1, 0.15) is 13.2 Å². The standard InChI is InChI=1S/C20H23NO3S/c22-20(13-16-2-1-11-25-16)21-8-7-17(14-3-4-14)15-5-6-18-19(12-15)24-10-9-23-18/h1-2,5-6,11-12,14,17H,3-4,7-10,13H2,(H,21,22). The fourth-order valence-electron chi connectivity index (χ4n) is 3.46. The van der Waals surface area contributed by atoms with E-state index in [0.717, 1.165) is 35.3 Å². The SMILES string of the molecule is O=C(Cc1cccs1)NCCC(c1ccc2c(c1)OCCO2)C1CC1. The van der Waals surface area contributed by atoms with Crippen LogP contribution < -0.4 is 14.8 Å². The van der Waals surface area contributed by atoms with Gasteiger partial charge in [-0.05, 0) is 60.2 Å². The van der Waals surface area contributed by atoms with Crippen LogP contribution in [0, 0.1) is 5.92 Å². The molecule has 2 aliphatic rings. The van der Waals surface area contributed by atoms with Crippen molar-refractivity contribution in [2.24, 2.45) is 5.92 Å². The number of fused-ring (bicyclic) bond motifs is 1. The minimum Gasteiger partial charge on any atom is -0.486 e. The lowest BCUT2D eigenvalue weighted by molar-refractivity contribution is -0.120. The number of rotatable bonds is 7. The van der Waals surface area contributed by atoms with E-state index < -0.39 is 0 Å². The number of benzene rings is 1. The third-order valence-electron chi connectivity index (χ3n) is 4.88. The van der Waals surface area contributed by atoms with Crippen molar-refractivity contribution in [3.8, 4) is 11.5 Å². The fraction of sp³-hybridized carbons (Fsp3) is 0.450. The van der Waals surface area contributed by atoms with E-state index >= 15 is 0 Å². The van der Waals surface area contributed by atoms with Crippen LogP contribution in [0.3, 0.4) is 0 Å². The number of hydrogen-bond donors (Lipinski definition) is 1. The van der Waals surface area contributed by atoms with Gasteiger partial charge in [0.25, 0.3) is 0 Å². The van der Waals surface area contributed by atoms with Gasteiger partial charge in [-0.3, -0.25) is 4.79 Å². The maximum Gasteiger partial charge on any atom is 0.225 e. The first-order valence-corrected chi connectivity index (χ1v) is 9.86. The minimum absolute atomic E-state index is 0.110. The van der Waals surface area contributed by atoms with Crippen molar-refractivity contribution in [3.05, 3.63) is 46.2 Å². The Bertz CT molecular complexity index is 725. The smallest absolute Gasteiger partial charge is 0.225 e. The molecule has 5 heteroatoms. The van der Waals surface area contributed by atoms with Crippen LogP contribution in [-0.4, -0.2) is 25.7 Å². The molecule has 1 unspecified atom stereocenters. The Hall–Kier alpha value is -2.01. The molecule has 132 valence electrons. The zero-order chi connectivity index (χ0) is 17.1. The summed E-state index contributed by atoms with van der Waals surface area (Å²) in [7, 11) is 0. The molecule has 25 heavy (non-hydrogen) atoms. The fourth-order valence-corrected chi connectivity index (χ4v) is 4.17. The van der Waals surface area contributed by atoms with E-state index in [1.807, 2.05) is 23.6 Å². The van der Waals surface area contributed by atoms with Crippen LogP contribution >= 0.6 is 11.3 Å². The Balaban J connectivity index is 1.35. The predicted molar refractivity (Wildman–Crippen MR) is 98.5 cm³/mol. The first-order valence-electron chi connectivity index (χ1n) is 8.98. The maximum absolute atomic E-state index is 12.1. The highest BCUT2D eigenvalue weighted by Crippen LogP contribution is 2.46. The van der Waals surface area contributed by atoms with Crippen molar-refractivity contribution in [3.63, 3.8) is 0 Å². The zero-order valence-electron chi connectivity index (χ0n) is 14.2. The summed E-state index contributed by atoms with van der Waals surface area (Å²) in [6.07, 6.45) is 4.01. The van der Waals surface area contributed by atoms with E-state index in [0.29, 0.717) is 25.6 Å². The molecule has 1 saturated carbocycles. The van der Waals surface area contributed by atoms with Crippen LogP contribution in [0.15, 0.2) is 35.7 Å². The Morgan fingerprint density at radius 2 is 2.04 bits per heavy atom. The van der Waals surface area contributed by atoms with Gasteiger partial charge in [0.2, 0.25) is 5.91 Å². The highest BCUT2D eigenvalue weighted by molar-refractivity contribution is 7.10. The zero-order valence-corrected chi connectivity index (χ0v) is 15.0. The lowest BCUT2D eigenvalue weighted by Gasteiger charge is -2.22. The molecule has 1 fully saturated rings. The quantitative estimate of drug-likeness (QED) is 0.821. The van der Waals surface area contributed by atoms with E-state index in [4.69, 9.17) is 9.47 Å². The van der Waals surface area contributed by atoms with Crippen molar-refractivity contribution in [1.82, 2.24) is 5.32 Å². The Kier molecular flexibility index (Phi) is 4.92. The van der Waals surface area contributed by atoms with E-state index in [1.165, 1.54) is 18.4 Å². The van der Waals surface area contributed by atoms with Gasteiger partial charge >= 0.3 is 0 Å². The summed E-state index contributed by atoms with van der Waals surface area (Å²) < 4.78 is 11.3. The minimum atomic E-state index is 0.110. The highest BCUT2D eigenvalue weighted by atomic mass is 32.1. The van der Waals surface area contributed by atoms with Crippen molar-refractivity contribution < 1.29 is 14.3 Å². The van der Waals surface area contributed by atoms with Gasteiger partial charge < -0.3 is 14.8 Å². The number of carbonyl (C=O) groups is 1. The van der Waals surface area contributed by atoms with Crippen molar-refractivity contribution in [2.45, 2.75) is 31.6 Å². The molecule has 1 atom stereocenters. The molecule has 0 radical (unpaired) electrons. The van der Waals surface area contributed by atoms with E-state index in [2.05, 4.69) is 17.4 Å². The average molecular weight is 357 g/mol. The van der Waals surface area contributed by atoms with Crippen LogP contribution in [0.5, 0.6) is 11.5 Å². The number of carbonyl (C=O) groups excluding carboxylic acids is 1. The molecular formula is C20H23NO3S. The lowest BCUT2D eigenvalue weighted by Crippen LogP contribution is -2.27. The monoisotopic (exact) mass is 357 g/mol. The molecule has 2 heterocycles. The van der Waals surface area contributed by atoms with Gasteiger partial charge in [0, 0.05) is 11.4 Å². The van der Waals surface area contributed by atoms with Gasteiger partial charge in [-0.25, -0.2) is 0 Å². The molecule has 1 aromatic heterocycles. The molecule has 0 bridgehead atoms. The number of ether oxygens (including phenoxy) is 2. The number of amides is 1. The molecule has 0 spiro atoms. The van der Waals surface area contributed by atoms with E-state index in [-0.39, 0.29) is 5.91 Å². The molecule has 1 aliphatic carbocycles. The number of hydrogen-bond acceptors (Lipinski definition) is 4. The third-order valence-corrected chi connectivity index (χ3v) is 5.75. The highest BCUT2D eigenvalue weighted by Gasteiger charge is 2.32. The summed E-state index contributed by atoms with van der Waals surface area (Å²) in [5.41, 5.74) is 1.30. The summed E-state index contributed by atoms with van der Waals surface area (Å²) in [4.78, 5) is 13.2. The summed E-state index contributed by atoms with van der Waals surface area (Å²) >= 11 is 1.63. The Morgan fingerprint density at radius 3 is 2.80 bits per heavy atom. The van der Waals surface area contributed by atoms with Gasteiger partial charge in [0.15, 0.2) is 11.5 Å². The van der Waals surface area contributed by atoms with Crippen LogP contribution in [0.4, 0.5) is 0 Å². The molecule has 4 nitrogen and oxygen atoms in total. The average Bonchev–Trinajstić information content (AvgIpc) is 3.35. The van der Waals surface area contributed by atoms with Crippen LogP contribution in [0.1, 0.15) is 35.6 Å². The third kappa shape index (κ3) is 4.15. The second-order valence-electron chi connectivity index (χ2n) is 6.74. The van der Waals surface area contributed by atoms with E-state index in [9.17, 15) is 4.79 Å². The lowest BCUT2D eigenvalue weighted by atomic mass is 9.90. The topological polar surface area (TPSA) is 47.6 Å². The molecule has 1 aliphatic heterocycles. The second kappa shape index (κ2) is 7.48. The summed E-state index contributed by atoms with van der Waals surface area (Å²) in [6, 6.07) is 10.3. The van der Waals surface area contributed by atoms with E-state index in [1.54, 1.807) is 11.3 Å². The molecule has 4 rings (SSSR count). The summed E-state index contributed by atoms with van der Waals surface area (Å²) in [6.45, 7) is 1.96. The molecule has 1 N–H and O–H groups in total. The van der Waals surface area contributed by atoms with Crippen molar-refractivity contribution in [2.75, 3.05) is 19.8 Å². The summed E-state index contributed by atoms with van der Waals surface area (Å²) in [5, 5.41) is 5.09. The largest absolute Gasteiger partial charge is 0.486 e.